The van der Waals surface area contributed by atoms with E-state index in [0.29, 0.717) is 24.5 Å². The van der Waals surface area contributed by atoms with Gasteiger partial charge in [-0.1, -0.05) is 66.2 Å². The van der Waals surface area contributed by atoms with E-state index in [1.54, 1.807) is 47.5 Å². The van der Waals surface area contributed by atoms with Gasteiger partial charge in [0.05, 0.1) is 22.9 Å². The second-order valence-corrected chi connectivity index (χ2v) is 11.6. The highest BCUT2D eigenvalue weighted by atomic mass is 35.5. The molecule has 1 heterocycles. The standard InChI is InChI=1S/C28H32ClN5O4S/c29-24-10-4-7-13-27(24)39(37,38)34(18-21-8-2-1-3-9-21)26-12-6-5-11-25(26)33(20-28(35)36)19-22-14-15-31-16-23(22)17-32-30/h1-13,17,22-23,31H,14-16,18-20,30H2,(H,35,36). The van der Waals surface area contributed by atoms with Crippen molar-refractivity contribution >= 4 is 45.2 Å². The zero-order valence-corrected chi connectivity index (χ0v) is 22.9. The Kier molecular flexibility index (Phi) is 9.45. The van der Waals surface area contributed by atoms with Gasteiger partial charge in [0.2, 0.25) is 0 Å². The van der Waals surface area contributed by atoms with Crippen LogP contribution in [-0.2, 0) is 21.4 Å². The average Bonchev–Trinajstić information content (AvgIpc) is 2.93. The number of sulfonamides is 1. The number of piperidine rings is 1. The van der Waals surface area contributed by atoms with Crippen molar-refractivity contribution < 1.29 is 18.3 Å². The van der Waals surface area contributed by atoms with E-state index in [9.17, 15) is 18.3 Å². The van der Waals surface area contributed by atoms with Gasteiger partial charge >= 0.3 is 5.97 Å². The lowest BCUT2D eigenvalue weighted by Crippen LogP contribution is -2.45. The summed E-state index contributed by atoms with van der Waals surface area (Å²) in [5, 5.41) is 17.0. The molecule has 1 aliphatic heterocycles. The minimum absolute atomic E-state index is 0.0134. The van der Waals surface area contributed by atoms with Crippen molar-refractivity contribution in [1.82, 2.24) is 5.32 Å². The Labute approximate surface area is 233 Å². The highest BCUT2D eigenvalue weighted by Gasteiger charge is 2.32. The largest absolute Gasteiger partial charge is 0.480 e. The molecule has 1 fully saturated rings. The fourth-order valence-electron chi connectivity index (χ4n) is 4.91. The molecule has 1 aliphatic rings. The molecule has 0 aliphatic carbocycles. The second kappa shape index (κ2) is 13.0. The van der Waals surface area contributed by atoms with Gasteiger partial charge in [-0.05, 0) is 48.7 Å². The Balaban J connectivity index is 1.82. The molecular formula is C28H32ClN5O4S. The van der Waals surface area contributed by atoms with Crippen LogP contribution in [0.25, 0.3) is 0 Å². The molecule has 3 aromatic carbocycles. The number of carboxylic acids is 1. The number of nitrogens with two attached hydrogens (primary N) is 1. The molecule has 3 aromatic rings. The lowest BCUT2D eigenvalue weighted by atomic mass is 9.86. The van der Waals surface area contributed by atoms with E-state index in [1.165, 1.54) is 16.4 Å². The highest BCUT2D eigenvalue weighted by Crippen LogP contribution is 2.37. The molecule has 0 bridgehead atoms. The first kappa shape index (κ1) is 28.4. The third-order valence-electron chi connectivity index (χ3n) is 6.80. The maximum atomic E-state index is 14.1. The molecule has 9 nitrogen and oxygen atoms in total. The number of carboxylic acid groups (broad SMARTS) is 1. The first-order valence-electron chi connectivity index (χ1n) is 12.6. The third-order valence-corrected chi connectivity index (χ3v) is 9.06. The van der Waals surface area contributed by atoms with Gasteiger partial charge in [-0.15, -0.1) is 0 Å². The maximum absolute atomic E-state index is 14.1. The Hall–Kier alpha value is -3.60. The molecule has 206 valence electrons. The lowest BCUT2D eigenvalue weighted by molar-refractivity contribution is -0.135. The van der Waals surface area contributed by atoms with Crippen LogP contribution in [0.4, 0.5) is 11.4 Å². The summed E-state index contributed by atoms with van der Waals surface area (Å²) in [6.07, 6.45) is 2.48. The summed E-state index contributed by atoms with van der Waals surface area (Å²) >= 11 is 6.37. The molecule has 39 heavy (non-hydrogen) atoms. The Morgan fingerprint density at radius 2 is 1.72 bits per heavy atom. The quantitative estimate of drug-likeness (QED) is 0.182. The molecule has 0 saturated carbocycles. The van der Waals surface area contributed by atoms with Gasteiger partial charge in [0.1, 0.15) is 11.4 Å². The number of hydrogen-bond donors (Lipinski definition) is 3. The van der Waals surface area contributed by atoms with Gasteiger partial charge in [-0.25, -0.2) is 8.42 Å². The van der Waals surface area contributed by atoms with Crippen molar-refractivity contribution in [3.8, 4) is 0 Å². The van der Waals surface area contributed by atoms with Gasteiger partial charge in [-0.2, -0.15) is 5.10 Å². The molecule has 2 atom stereocenters. The Morgan fingerprint density at radius 1 is 1.05 bits per heavy atom. The zero-order valence-electron chi connectivity index (χ0n) is 21.4. The van der Waals surface area contributed by atoms with E-state index in [0.717, 1.165) is 18.5 Å². The summed E-state index contributed by atoms with van der Waals surface area (Å²) in [6, 6.07) is 22.5. The van der Waals surface area contributed by atoms with Crippen LogP contribution in [0.3, 0.4) is 0 Å². The molecule has 2 unspecified atom stereocenters. The van der Waals surface area contributed by atoms with E-state index in [4.69, 9.17) is 17.4 Å². The predicted octanol–water partition coefficient (Wildman–Crippen LogP) is 3.80. The predicted molar refractivity (Wildman–Crippen MR) is 155 cm³/mol. The van der Waals surface area contributed by atoms with Crippen molar-refractivity contribution in [3.05, 3.63) is 89.4 Å². The summed E-state index contributed by atoms with van der Waals surface area (Å²) in [5.74, 6) is 4.50. The minimum atomic E-state index is -4.14. The Morgan fingerprint density at radius 3 is 2.41 bits per heavy atom. The van der Waals surface area contributed by atoms with Crippen LogP contribution in [0.5, 0.6) is 0 Å². The van der Waals surface area contributed by atoms with Crippen molar-refractivity contribution in [2.24, 2.45) is 22.8 Å². The van der Waals surface area contributed by atoms with Crippen LogP contribution in [0.2, 0.25) is 5.02 Å². The van der Waals surface area contributed by atoms with Gasteiger partial charge in [0.15, 0.2) is 0 Å². The molecule has 0 spiro atoms. The summed E-state index contributed by atoms with van der Waals surface area (Å²) in [4.78, 5) is 13.7. The molecule has 1 saturated heterocycles. The minimum Gasteiger partial charge on any atom is -0.480 e. The highest BCUT2D eigenvalue weighted by molar-refractivity contribution is 7.93. The fraction of sp³-hybridized carbons (Fsp3) is 0.286. The number of benzene rings is 3. The van der Waals surface area contributed by atoms with Crippen molar-refractivity contribution in [3.63, 3.8) is 0 Å². The number of aliphatic carboxylic acids is 1. The number of carbonyl (C=O) groups is 1. The van der Waals surface area contributed by atoms with Crippen molar-refractivity contribution in [1.29, 1.82) is 0 Å². The van der Waals surface area contributed by atoms with Gasteiger partial charge in [0, 0.05) is 25.2 Å². The first-order valence-corrected chi connectivity index (χ1v) is 14.4. The molecule has 0 aromatic heterocycles. The van der Waals surface area contributed by atoms with Crippen LogP contribution < -0.4 is 20.4 Å². The Bertz CT molecular complexity index is 1400. The summed E-state index contributed by atoms with van der Waals surface area (Å²) < 4.78 is 29.6. The number of rotatable bonds is 11. The first-order chi connectivity index (χ1) is 18.8. The summed E-state index contributed by atoms with van der Waals surface area (Å²) in [5.41, 5.74) is 1.62. The van der Waals surface area contributed by atoms with E-state index >= 15 is 0 Å². The number of hydrazone groups is 1. The molecule has 0 radical (unpaired) electrons. The van der Waals surface area contributed by atoms with E-state index in [1.807, 2.05) is 30.3 Å². The van der Waals surface area contributed by atoms with Crippen LogP contribution in [0, 0.1) is 11.8 Å². The average molecular weight is 570 g/mol. The molecular weight excluding hydrogens is 538 g/mol. The van der Waals surface area contributed by atoms with E-state index in [2.05, 4.69) is 10.4 Å². The number of anilines is 2. The number of hydrogen-bond acceptors (Lipinski definition) is 7. The smallest absolute Gasteiger partial charge is 0.323 e. The number of para-hydroxylation sites is 2. The lowest BCUT2D eigenvalue weighted by Gasteiger charge is -2.36. The van der Waals surface area contributed by atoms with Gasteiger partial charge in [-0.3, -0.25) is 9.10 Å². The normalized spacial score (nSPS) is 17.7. The second-order valence-electron chi connectivity index (χ2n) is 9.41. The summed E-state index contributed by atoms with van der Waals surface area (Å²) in [6.45, 7) is 1.56. The number of halogens is 1. The third kappa shape index (κ3) is 6.89. The van der Waals surface area contributed by atoms with Gasteiger partial charge in [0.25, 0.3) is 10.0 Å². The fourth-order valence-corrected chi connectivity index (χ4v) is 6.87. The molecule has 0 amide bonds. The SMILES string of the molecule is NN=CC1CNCCC1CN(CC(=O)O)c1ccccc1N(Cc1ccccc1)S(=O)(=O)c1ccccc1Cl. The molecule has 4 rings (SSSR count). The van der Waals surface area contributed by atoms with Crippen LogP contribution in [-0.4, -0.2) is 51.9 Å². The topological polar surface area (TPSA) is 128 Å². The van der Waals surface area contributed by atoms with E-state index in [-0.39, 0.29) is 34.8 Å². The monoisotopic (exact) mass is 569 g/mol. The van der Waals surface area contributed by atoms with E-state index < -0.39 is 16.0 Å². The van der Waals surface area contributed by atoms with Gasteiger partial charge < -0.3 is 21.2 Å². The van der Waals surface area contributed by atoms with Crippen LogP contribution >= 0.6 is 11.6 Å². The van der Waals surface area contributed by atoms with Crippen molar-refractivity contribution in [2.75, 3.05) is 35.4 Å². The molecule has 11 heteroatoms. The zero-order chi connectivity index (χ0) is 27.8. The molecule has 4 N–H and O–H groups in total. The van der Waals surface area contributed by atoms with Crippen LogP contribution in [0.15, 0.2) is 88.9 Å². The summed E-state index contributed by atoms with van der Waals surface area (Å²) in [7, 11) is -4.14. The maximum Gasteiger partial charge on any atom is 0.323 e. The van der Waals surface area contributed by atoms with Crippen molar-refractivity contribution in [2.45, 2.75) is 17.9 Å². The number of nitrogens with one attached hydrogen (secondary N) is 1. The van der Waals surface area contributed by atoms with Crippen LogP contribution in [0.1, 0.15) is 12.0 Å². The number of nitrogens with zero attached hydrogens (tertiary/aromatic N) is 3.